The minimum absolute atomic E-state index is 0.0475. The highest BCUT2D eigenvalue weighted by Crippen LogP contribution is 2.29. The van der Waals surface area contributed by atoms with Gasteiger partial charge in [0.2, 0.25) is 5.91 Å². The molecule has 0 bridgehead atoms. The zero-order valence-electron chi connectivity index (χ0n) is 17.0. The number of imide groups is 1. The van der Waals surface area contributed by atoms with Crippen molar-refractivity contribution in [3.8, 4) is 5.75 Å². The van der Waals surface area contributed by atoms with Gasteiger partial charge in [0.15, 0.2) is 0 Å². The molecule has 2 aliphatic rings. The van der Waals surface area contributed by atoms with E-state index in [1.165, 1.54) is 6.92 Å². The fourth-order valence-electron chi connectivity index (χ4n) is 3.72. The molecule has 0 saturated carbocycles. The van der Waals surface area contributed by atoms with Crippen LogP contribution < -0.4 is 10.1 Å². The molecule has 2 atom stereocenters. The van der Waals surface area contributed by atoms with Crippen LogP contribution in [0.2, 0.25) is 0 Å². The van der Waals surface area contributed by atoms with Crippen LogP contribution in [0.5, 0.6) is 5.75 Å². The van der Waals surface area contributed by atoms with Crippen LogP contribution >= 0.6 is 0 Å². The Labute approximate surface area is 175 Å². The van der Waals surface area contributed by atoms with Crippen molar-refractivity contribution in [1.82, 2.24) is 4.90 Å². The number of nitrogens with zero attached hydrogens (tertiary/aromatic N) is 1. The number of amides is 3. The SMILES string of the molecule is Cc1ccc(NC(=O)C(C)N2C(=O)c3ccccc3C2=O)c(OCC2CCCO2)c1. The molecule has 2 unspecified atom stereocenters. The highest BCUT2D eigenvalue weighted by molar-refractivity contribution is 6.23. The fraction of sp³-hybridized carbons (Fsp3) is 0.348. The van der Waals surface area contributed by atoms with Crippen molar-refractivity contribution in [3.05, 3.63) is 59.2 Å². The summed E-state index contributed by atoms with van der Waals surface area (Å²) in [5.74, 6) is -0.849. The maximum absolute atomic E-state index is 12.9. The largest absolute Gasteiger partial charge is 0.489 e. The van der Waals surface area contributed by atoms with Gasteiger partial charge < -0.3 is 14.8 Å². The Bertz CT molecular complexity index is 962. The van der Waals surface area contributed by atoms with Crippen LogP contribution in [0.4, 0.5) is 5.69 Å². The first kappa shape index (κ1) is 20.1. The van der Waals surface area contributed by atoms with E-state index in [0.29, 0.717) is 29.2 Å². The minimum Gasteiger partial charge on any atom is -0.489 e. The van der Waals surface area contributed by atoms with Gasteiger partial charge in [-0.05, 0) is 56.5 Å². The third-order valence-electron chi connectivity index (χ3n) is 5.44. The maximum Gasteiger partial charge on any atom is 0.262 e. The molecule has 3 amide bonds. The molecule has 7 heteroatoms. The van der Waals surface area contributed by atoms with Crippen molar-refractivity contribution in [2.75, 3.05) is 18.5 Å². The van der Waals surface area contributed by atoms with E-state index in [2.05, 4.69) is 5.32 Å². The second-order valence-electron chi connectivity index (χ2n) is 7.64. The molecule has 2 aromatic rings. The van der Waals surface area contributed by atoms with Gasteiger partial charge in [0, 0.05) is 6.61 Å². The first-order valence-electron chi connectivity index (χ1n) is 10.1. The van der Waals surface area contributed by atoms with Gasteiger partial charge >= 0.3 is 0 Å². The summed E-state index contributed by atoms with van der Waals surface area (Å²) in [6.45, 7) is 4.62. The summed E-state index contributed by atoms with van der Waals surface area (Å²) < 4.78 is 11.5. The number of hydrogen-bond donors (Lipinski definition) is 1. The highest BCUT2D eigenvalue weighted by atomic mass is 16.5. The Morgan fingerprint density at radius 3 is 2.53 bits per heavy atom. The predicted molar refractivity (Wildman–Crippen MR) is 111 cm³/mol. The van der Waals surface area contributed by atoms with Crippen LogP contribution in [0.25, 0.3) is 0 Å². The summed E-state index contributed by atoms with van der Waals surface area (Å²) >= 11 is 0. The summed E-state index contributed by atoms with van der Waals surface area (Å²) in [6.07, 6.45) is 2.01. The minimum atomic E-state index is -0.968. The lowest BCUT2D eigenvalue weighted by molar-refractivity contribution is -0.119. The van der Waals surface area contributed by atoms with E-state index in [1.54, 1.807) is 30.3 Å². The average Bonchev–Trinajstić information content (AvgIpc) is 3.35. The molecule has 1 saturated heterocycles. The molecule has 0 aliphatic carbocycles. The topological polar surface area (TPSA) is 84.9 Å². The average molecular weight is 408 g/mol. The van der Waals surface area contributed by atoms with Gasteiger partial charge in [0.25, 0.3) is 11.8 Å². The summed E-state index contributed by atoms with van der Waals surface area (Å²) in [6, 6.07) is 11.1. The number of ether oxygens (including phenoxy) is 2. The van der Waals surface area contributed by atoms with E-state index in [1.807, 2.05) is 19.1 Å². The van der Waals surface area contributed by atoms with Crippen LogP contribution in [0.3, 0.4) is 0 Å². The zero-order valence-corrected chi connectivity index (χ0v) is 17.0. The normalized spacial score (nSPS) is 19.0. The van der Waals surface area contributed by atoms with Crippen molar-refractivity contribution in [2.45, 2.75) is 38.8 Å². The summed E-state index contributed by atoms with van der Waals surface area (Å²) in [4.78, 5) is 39.2. The van der Waals surface area contributed by atoms with Gasteiger partial charge in [0.05, 0.1) is 22.9 Å². The third-order valence-corrected chi connectivity index (χ3v) is 5.44. The maximum atomic E-state index is 12.9. The molecule has 2 heterocycles. The molecule has 0 radical (unpaired) electrons. The second-order valence-corrected chi connectivity index (χ2v) is 7.64. The summed E-state index contributed by atoms with van der Waals surface area (Å²) in [7, 11) is 0. The van der Waals surface area contributed by atoms with Gasteiger partial charge in [-0.2, -0.15) is 0 Å². The van der Waals surface area contributed by atoms with Crippen molar-refractivity contribution in [1.29, 1.82) is 0 Å². The lowest BCUT2D eigenvalue weighted by Crippen LogP contribution is -2.45. The lowest BCUT2D eigenvalue weighted by Gasteiger charge is -2.22. The number of carbonyl (C=O) groups is 3. The standard InChI is InChI=1S/C23H24N2O5/c1-14-9-10-19(20(12-14)30-13-16-6-5-11-29-16)24-21(26)15(2)25-22(27)17-7-3-4-8-18(17)23(25)28/h3-4,7-10,12,15-16H,5-6,11,13H2,1-2H3,(H,24,26). The molecule has 2 aliphatic heterocycles. The molecule has 30 heavy (non-hydrogen) atoms. The molecular formula is C23H24N2O5. The molecule has 156 valence electrons. The van der Waals surface area contributed by atoms with E-state index in [0.717, 1.165) is 29.9 Å². The number of hydrogen-bond acceptors (Lipinski definition) is 5. The smallest absolute Gasteiger partial charge is 0.262 e. The van der Waals surface area contributed by atoms with Crippen LogP contribution in [0.15, 0.2) is 42.5 Å². The monoisotopic (exact) mass is 408 g/mol. The Morgan fingerprint density at radius 1 is 1.20 bits per heavy atom. The first-order chi connectivity index (χ1) is 14.5. The molecule has 1 fully saturated rings. The number of nitrogens with one attached hydrogen (secondary N) is 1. The van der Waals surface area contributed by atoms with Crippen LogP contribution in [-0.2, 0) is 9.53 Å². The van der Waals surface area contributed by atoms with Gasteiger partial charge in [-0.1, -0.05) is 18.2 Å². The molecule has 1 N–H and O–H groups in total. The van der Waals surface area contributed by atoms with Gasteiger partial charge in [-0.3, -0.25) is 19.3 Å². The van der Waals surface area contributed by atoms with E-state index < -0.39 is 23.8 Å². The fourth-order valence-corrected chi connectivity index (χ4v) is 3.72. The highest BCUT2D eigenvalue weighted by Gasteiger charge is 2.40. The molecule has 0 aromatic heterocycles. The van der Waals surface area contributed by atoms with E-state index >= 15 is 0 Å². The molecule has 2 aromatic carbocycles. The van der Waals surface area contributed by atoms with E-state index in [4.69, 9.17) is 9.47 Å². The number of benzene rings is 2. The quantitative estimate of drug-likeness (QED) is 0.742. The Balaban J connectivity index is 1.48. The van der Waals surface area contributed by atoms with E-state index in [9.17, 15) is 14.4 Å². The molecule has 7 nitrogen and oxygen atoms in total. The number of fused-ring (bicyclic) bond motifs is 1. The third kappa shape index (κ3) is 3.80. The summed E-state index contributed by atoms with van der Waals surface area (Å²) in [5, 5.41) is 2.81. The van der Waals surface area contributed by atoms with Crippen LogP contribution in [0.1, 0.15) is 46.0 Å². The zero-order chi connectivity index (χ0) is 21.3. The second kappa shape index (κ2) is 8.28. The van der Waals surface area contributed by atoms with Crippen molar-refractivity contribution in [3.63, 3.8) is 0 Å². The molecular weight excluding hydrogens is 384 g/mol. The Hall–Kier alpha value is -3.19. The number of anilines is 1. The van der Waals surface area contributed by atoms with Gasteiger partial charge in [-0.25, -0.2) is 0 Å². The summed E-state index contributed by atoms with van der Waals surface area (Å²) in [5.41, 5.74) is 2.12. The van der Waals surface area contributed by atoms with Crippen molar-refractivity contribution in [2.24, 2.45) is 0 Å². The Kier molecular flexibility index (Phi) is 5.55. The number of carbonyl (C=O) groups excluding carboxylic acids is 3. The van der Waals surface area contributed by atoms with E-state index in [-0.39, 0.29) is 6.10 Å². The van der Waals surface area contributed by atoms with Crippen molar-refractivity contribution < 1.29 is 23.9 Å². The lowest BCUT2D eigenvalue weighted by atomic mass is 10.1. The van der Waals surface area contributed by atoms with Gasteiger partial charge in [-0.15, -0.1) is 0 Å². The first-order valence-corrected chi connectivity index (χ1v) is 10.1. The number of rotatable bonds is 6. The van der Waals surface area contributed by atoms with Crippen LogP contribution in [-0.4, -0.2) is 48.0 Å². The molecule has 0 spiro atoms. The molecule has 4 rings (SSSR count). The Morgan fingerprint density at radius 2 is 1.90 bits per heavy atom. The predicted octanol–water partition coefficient (Wildman–Crippen LogP) is 3.18. The van der Waals surface area contributed by atoms with Crippen LogP contribution in [0, 0.1) is 6.92 Å². The van der Waals surface area contributed by atoms with Gasteiger partial charge in [0.1, 0.15) is 18.4 Å². The van der Waals surface area contributed by atoms with Crippen molar-refractivity contribution >= 4 is 23.4 Å². The number of aryl methyl sites for hydroxylation is 1.